The lowest BCUT2D eigenvalue weighted by Crippen LogP contribution is -2.29. The number of aryl methyl sites for hydroxylation is 1. The molecule has 6 nitrogen and oxygen atoms in total. The Morgan fingerprint density at radius 3 is 2.54 bits per heavy atom. The van der Waals surface area contributed by atoms with E-state index in [1.54, 1.807) is 49.6 Å². The van der Waals surface area contributed by atoms with Crippen LogP contribution < -0.4 is 14.8 Å². The van der Waals surface area contributed by atoms with E-state index in [1.165, 1.54) is 20.1 Å². The lowest BCUT2D eigenvalue weighted by Gasteiger charge is -2.14. The topological polar surface area (TPSA) is 73.9 Å². The summed E-state index contributed by atoms with van der Waals surface area (Å²) in [6.07, 6.45) is 1.80. The average Bonchev–Trinajstić information content (AvgIpc) is 2.68. The summed E-state index contributed by atoms with van der Waals surface area (Å²) in [6.45, 7) is 3.34. The number of halogens is 1. The fourth-order valence-corrected chi connectivity index (χ4v) is 2.52. The van der Waals surface area contributed by atoms with Crippen LogP contribution in [0.15, 0.2) is 42.5 Å². The summed E-state index contributed by atoms with van der Waals surface area (Å²) < 4.78 is 15.6. The van der Waals surface area contributed by atoms with Crippen LogP contribution in [0.2, 0.25) is 5.02 Å². The van der Waals surface area contributed by atoms with Gasteiger partial charge in [0.25, 0.3) is 5.91 Å². The van der Waals surface area contributed by atoms with Crippen molar-refractivity contribution in [2.24, 2.45) is 0 Å². The number of carbonyl (C=O) groups excluding carboxylic acids is 2. The Hall–Kier alpha value is -2.99. The van der Waals surface area contributed by atoms with Gasteiger partial charge in [0.2, 0.25) is 0 Å². The van der Waals surface area contributed by atoms with Gasteiger partial charge in [0.15, 0.2) is 6.10 Å². The Morgan fingerprint density at radius 1 is 1.11 bits per heavy atom. The van der Waals surface area contributed by atoms with Crippen molar-refractivity contribution in [2.45, 2.75) is 20.0 Å². The highest BCUT2D eigenvalue weighted by molar-refractivity contribution is 6.31. The maximum Gasteiger partial charge on any atom is 0.331 e. The molecule has 148 valence electrons. The molecule has 0 fully saturated rings. The van der Waals surface area contributed by atoms with Gasteiger partial charge in [-0.3, -0.25) is 4.79 Å². The van der Waals surface area contributed by atoms with Gasteiger partial charge in [0.05, 0.1) is 14.2 Å². The van der Waals surface area contributed by atoms with Gasteiger partial charge < -0.3 is 19.5 Å². The fraction of sp³-hybridized carbons (Fsp3) is 0.238. The Labute approximate surface area is 169 Å². The summed E-state index contributed by atoms with van der Waals surface area (Å²) in [4.78, 5) is 24.3. The van der Waals surface area contributed by atoms with E-state index >= 15 is 0 Å². The predicted octanol–water partition coefficient (Wildman–Crippen LogP) is 4.25. The molecule has 0 spiro atoms. The molecule has 0 saturated heterocycles. The fourth-order valence-electron chi connectivity index (χ4n) is 2.34. The molecule has 1 N–H and O–H groups in total. The van der Waals surface area contributed by atoms with Gasteiger partial charge in [-0.05, 0) is 49.8 Å². The van der Waals surface area contributed by atoms with Gasteiger partial charge in [0.1, 0.15) is 11.5 Å². The molecule has 7 heteroatoms. The van der Waals surface area contributed by atoms with Crippen LogP contribution in [-0.4, -0.2) is 32.2 Å². The molecular formula is C21H22ClNO5. The largest absolute Gasteiger partial charge is 0.497 e. The zero-order chi connectivity index (χ0) is 20.7. The van der Waals surface area contributed by atoms with Crippen molar-refractivity contribution < 1.29 is 23.8 Å². The molecule has 28 heavy (non-hydrogen) atoms. The summed E-state index contributed by atoms with van der Waals surface area (Å²) in [5.41, 5.74) is 2.09. The van der Waals surface area contributed by atoms with Crippen molar-refractivity contribution in [1.82, 2.24) is 0 Å². The number of amides is 1. The highest BCUT2D eigenvalue weighted by atomic mass is 35.5. The number of esters is 1. The van der Waals surface area contributed by atoms with Crippen molar-refractivity contribution in [2.75, 3.05) is 19.5 Å². The first kappa shape index (κ1) is 21.3. The molecule has 1 atom stereocenters. The van der Waals surface area contributed by atoms with Crippen molar-refractivity contribution in [1.29, 1.82) is 0 Å². The number of carbonyl (C=O) groups is 2. The lowest BCUT2D eigenvalue weighted by atomic mass is 10.1. The van der Waals surface area contributed by atoms with E-state index in [0.29, 0.717) is 27.8 Å². The van der Waals surface area contributed by atoms with Crippen LogP contribution in [0.4, 0.5) is 5.69 Å². The number of anilines is 1. The van der Waals surface area contributed by atoms with Crippen LogP contribution in [0.1, 0.15) is 18.1 Å². The third-order valence-electron chi connectivity index (χ3n) is 3.96. The van der Waals surface area contributed by atoms with Crippen molar-refractivity contribution in [3.63, 3.8) is 0 Å². The van der Waals surface area contributed by atoms with Crippen LogP contribution in [0.25, 0.3) is 6.08 Å². The Balaban J connectivity index is 1.99. The zero-order valence-electron chi connectivity index (χ0n) is 16.1. The second-order valence-corrected chi connectivity index (χ2v) is 6.41. The molecule has 2 aromatic carbocycles. The molecule has 2 aromatic rings. The minimum Gasteiger partial charge on any atom is -0.497 e. The smallest absolute Gasteiger partial charge is 0.331 e. The van der Waals surface area contributed by atoms with Crippen LogP contribution in [0.3, 0.4) is 0 Å². The molecule has 0 radical (unpaired) electrons. The summed E-state index contributed by atoms with van der Waals surface area (Å²) >= 11 is 5.94. The lowest BCUT2D eigenvalue weighted by molar-refractivity contribution is -0.148. The maximum atomic E-state index is 12.3. The minimum atomic E-state index is -0.978. The quantitative estimate of drug-likeness (QED) is 0.552. The molecule has 0 bridgehead atoms. The average molecular weight is 404 g/mol. The Bertz CT molecular complexity index is 894. The third-order valence-corrected chi connectivity index (χ3v) is 4.19. The van der Waals surface area contributed by atoms with E-state index in [4.69, 9.17) is 25.8 Å². The van der Waals surface area contributed by atoms with Crippen LogP contribution in [0, 0.1) is 6.92 Å². The van der Waals surface area contributed by atoms with E-state index in [2.05, 4.69) is 5.32 Å². The predicted molar refractivity (Wildman–Crippen MR) is 109 cm³/mol. The maximum absolute atomic E-state index is 12.3. The van der Waals surface area contributed by atoms with E-state index in [9.17, 15) is 9.59 Å². The molecule has 1 unspecified atom stereocenters. The van der Waals surface area contributed by atoms with E-state index in [-0.39, 0.29) is 0 Å². The first-order valence-corrected chi connectivity index (χ1v) is 8.89. The van der Waals surface area contributed by atoms with Gasteiger partial charge in [-0.1, -0.05) is 17.7 Å². The van der Waals surface area contributed by atoms with E-state index < -0.39 is 18.0 Å². The van der Waals surface area contributed by atoms with Gasteiger partial charge >= 0.3 is 5.97 Å². The minimum absolute atomic E-state index is 0.450. The third kappa shape index (κ3) is 5.76. The van der Waals surface area contributed by atoms with Gasteiger partial charge in [-0.2, -0.15) is 0 Å². The first-order chi connectivity index (χ1) is 13.3. The second kappa shape index (κ2) is 9.80. The number of rotatable bonds is 7. The molecule has 2 rings (SSSR count). The van der Waals surface area contributed by atoms with Crippen molar-refractivity contribution in [3.05, 3.63) is 58.6 Å². The summed E-state index contributed by atoms with van der Waals surface area (Å²) in [5, 5.41) is 3.20. The normalized spacial score (nSPS) is 11.8. The molecular weight excluding hydrogens is 382 g/mol. The van der Waals surface area contributed by atoms with Crippen LogP contribution in [-0.2, 0) is 14.3 Å². The highest BCUT2D eigenvalue weighted by Crippen LogP contribution is 2.25. The van der Waals surface area contributed by atoms with Crippen LogP contribution in [0.5, 0.6) is 11.5 Å². The summed E-state index contributed by atoms with van der Waals surface area (Å²) in [6, 6.07) is 10.4. The van der Waals surface area contributed by atoms with Crippen LogP contribution >= 0.6 is 11.6 Å². The molecule has 0 saturated carbocycles. The molecule has 0 aromatic heterocycles. The number of benzene rings is 2. The summed E-state index contributed by atoms with van der Waals surface area (Å²) in [5.74, 6) is 0.0845. The number of hydrogen-bond donors (Lipinski definition) is 1. The van der Waals surface area contributed by atoms with Crippen molar-refractivity contribution >= 4 is 35.2 Å². The SMILES string of the molecule is COc1ccc(/C=C/C(=O)OC(C)C(=O)Nc2cc(Cl)ccc2C)c(OC)c1. The number of nitrogens with one attached hydrogen (secondary N) is 1. The van der Waals surface area contributed by atoms with E-state index in [1.807, 2.05) is 6.92 Å². The van der Waals surface area contributed by atoms with Gasteiger partial charge in [-0.15, -0.1) is 0 Å². The molecule has 0 aliphatic heterocycles. The number of methoxy groups -OCH3 is 2. The standard InChI is InChI=1S/C21H22ClNO5/c1-13-5-8-16(22)11-18(13)23-21(25)14(2)28-20(24)10-7-15-6-9-17(26-3)12-19(15)27-4/h5-12,14H,1-4H3,(H,23,25)/b10-7+. The number of ether oxygens (including phenoxy) is 3. The highest BCUT2D eigenvalue weighted by Gasteiger charge is 2.17. The molecule has 0 aliphatic rings. The van der Waals surface area contributed by atoms with Crippen molar-refractivity contribution in [3.8, 4) is 11.5 Å². The Morgan fingerprint density at radius 2 is 1.86 bits per heavy atom. The second-order valence-electron chi connectivity index (χ2n) is 5.97. The molecule has 0 heterocycles. The first-order valence-electron chi connectivity index (χ1n) is 8.51. The van der Waals surface area contributed by atoms with E-state index in [0.717, 1.165) is 5.56 Å². The van der Waals surface area contributed by atoms with Gasteiger partial charge in [-0.25, -0.2) is 4.79 Å². The monoisotopic (exact) mass is 403 g/mol. The van der Waals surface area contributed by atoms with Gasteiger partial charge in [0, 0.05) is 28.4 Å². The molecule has 0 aliphatic carbocycles. The zero-order valence-corrected chi connectivity index (χ0v) is 16.9. The molecule has 1 amide bonds. The summed E-state index contributed by atoms with van der Waals surface area (Å²) in [7, 11) is 3.08. The Kier molecular flexibility index (Phi) is 7.46. The number of hydrogen-bond acceptors (Lipinski definition) is 5.